The van der Waals surface area contributed by atoms with Crippen molar-refractivity contribution in [1.82, 2.24) is 5.32 Å². The van der Waals surface area contributed by atoms with Gasteiger partial charge in [0.1, 0.15) is 5.82 Å². The zero-order valence-electron chi connectivity index (χ0n) is 12.4. The van der Waals surface area contributed by atoms with Crippen LogP contribution in [0.4, 0.5) is 4.39 Å². The van der Waals surface area contributed by atoms with Crippen LogP contribution in [0.5, 0.6) is 0 Å². The Morgan fingerprint density at radius 3 is 2.52 bits per heavy atom. The molecule has 1 aliphatic rings. The second-order valence-corrected chi connectivity index (χ2v) is 5.89. The Morgan fingerprint density at radius 1 is 1.24 bits per heavy atom. The minimum absolute atomic E-state index is 0.0503. The number of hydrogen-bond donors (Lipinski definition) is 2. The maximum Gasteiger partial charge on any atom is 0.224 e. The molecule has 1 unspecified atom stereocenters. The topological polar surface area (TPSA) is 49.3 Å². The van der Waals surface area contributed by atoms with E-state index in [1.165, 1.54) is 31.4 Å². The maximum absolute atomic E-state index is 12.8. The van der Waals surface area contributed by atoms with Crippen LogP contribution < -0.4 is 5.32 Å². The van der Waals surface area contributed by atoms with E-state index >= 15 is 0 Å². The average molecular weight is 293 g/mol. The first-order valence-corrected chi connectivity index (χ1v) is 7.83. The van der Waals surface area contributed by atoms with Gasteiger partial charge in [-0.3, -0.25) is 4.79 Å². The lowest BCUT2D eigenvalue weighted by Gasteiger charge is -2.30. The summed E-state index contributed by atoms with van der Waals surface area (Å²) in [6, 6.07) is 6.07. The van der Waals surface area contributed by atoms with Crippen LogP contribution in [-0.4, -0.2) is 23.7 Å². The lowest BCUT2D eigenvalue weighted by atomic mass is 9.82. The van der Waals surface area contributed by atoms with Crippen LogP contribution in [0, 0.1) is 11.7 Å². The van der Waals surface area contributed by atoms with E-state index in [2.05, 4.69) is 5.32 Å². The Morgan fingerprint density at radius 2 is 1.90 bits per heavy atom. The van der Waals surface area contributed by atoms with E-state index in [9.17, 15) is 14.3 Å². The summed E-state index contributed by atoms with van der Waals surface area (Å²) < 4.78 is 12.8. The number of rotatable bonds is 6. The molecular formula is C17H24FNO2. The lowest BCUT2D eigenvalue weighted by molar-refractivity contribution is -0.121. The van der Waals surface area contributed by atoms with Crippen LogP contribution in [0.25, 0.3) is 0 Å². The number of carbonyl (C=O) groups excluding carboxylic acids is 1. The van der Waals surface area contributed by atoms with Crippen LogP contribution in [0.1, 0.15) is 44.1 Å². The third kappa shape index (κ3) is 5.12. The van der Waals surface area contributed by atoms with Crippen molar-refractivity contribution in [2.75, 3.05) is 6.61 Å². The summed E-state index contributed by atoms with van der Waals surface area (Å²) in [6.07, 6.45) is 6.81. The molecule has 0 aliphatic heterocycles. The third-order valence-corrected chi connectivity index (χ3v) is 4.28. The van der Waals surface area contributed by atoms with Crippen LogP contribution >= 0.6 is 0 Å². The summed E-state index contributed by atoms with van der Waals surface area (Å²) in [5, 5.41) is 12.3. The molecule has 1 saturated carbocycles. The van der Waals surface area contributed by atoms with E-state index in [1.54, 1.807) is 12.1 Å². The normalized spacial score (nSPS) is 17.4. The van der Waals surface area contributed by atoms with E-state index in [1.807, 2.05) is 0 Å². The van der Waals surface area contributed by atoms with Gasteiger partial charge in [0, 0.05) is 12.6 Å². The Bertz CT molecular complexity index is 441. The highest BCUT2D eigenvalue weighted by molar-refractivity contribution is 5.78. The van der Waals surface area contributed by atoms with Crippen molar-refractivity contribution in [2.24, 2.45) is 5.92 Å². The molecule has 0 radical (unpaired) electrons. The molecule has 0 heterocycles. The smallest absolute Gasteiger partial charge is 0.224 e. The van der Waals surface area contributed by atoms with Crippen LogP contribution in [-0.2, 0) is 11.2 Å². The van der Waals surface area contributed by atoms with Gasteiger partial charge in [0.15, 0.2) is 0 Å². The van der Waals surface area contributed by atoms with Crippen molar-refractivity contribution >= 4 is 5.91 Å². The second kappa shape index (κ2) is 8.13. The van der Waals surface area contributed by atoms with Gasteiger partial charge in [0.2, 0.25) is 5.91 Å². The molecule has 0 spiro atoms. The van der Waals surface area contributed by atoms with Gasteiger partial charge >= 0.3 is 0 Å². The van der Waals surface area contributed by atoms with E-state index in [0.717, 1.165) is 18.4 Å². The summed E-state index contributed by atoms with van der Waals surface area (Å²) in [5.41, 5.74) is 0.806. The predicted octanol–water partition coefficient (Wildman–Crippen LogP) is 2.82. The quantitative estimate of drug-likeness (QED) is 0.847. The Balaban J connectivity index is 1.89. The molecule has 2 N–H and O–H groups in total. The molecule has 0 aromatic heterocycles. The van der Waals surface area contributed by atoms with Gasteiger partial charge in [-0.15, -0.1) is 0 Å². The van der Waals surface area contributed by atoms with Crippen molar-refractivity contribution in [3.63, 3.8) is 0 Å². The molecule has 1 fully saturated rings. The van der Waals surface area contributed by atoms with Gasteiger partial charge in [-0.05, 0) is 42.9 Å². The van der Waals surface area contributed by atoms with Crippen molar-refractivity contribution in [2.45, 2.75) is 51.0 Å². The number of hydrogen-bond acceptors (Lipinski definition) is 2. The van der Waals surface area contributed by atoms with Crippen LogP contribution in [0.3, 0.4) is 0 Å². The fraction of sp³-hybridized carbons (Fsp3) is 0.588. The molecule has 1 aliphatic carbocycles. The van der Waals surface area contributed by atoms with E-state index in [0.29, 0.717) is 12.3 Å². The molecule has 1 aromatic rings. The molecule has 21 heavy (non-hydrogen) atoms. The Kier molecular flexibility index (Phi) is 6.18. The summed E-state index contributed by atoms with van der Waals surface area (Å²) in [4.78, 5) is 12.1. The fourth-order valence-corrected chi connectivity index (χ4v) is 3.15. The van der Waals surface area contributed by atoms with Gasteiger partial charge in [0.25, 0.3) is 0 Å². The molecule has 0 saturated heterocycles. The van der Waals surface area contributed by atoms with Crippen molar-refractivity contribution in [3.8, 4) is 0 Å². The summed E-state index contributed by atoms with van der Waals surface area (Å²) in [7, 11) is 0. The standard InChI is InChI=1S/C17H24FNO2/c18-15-8-6-13(7-9-15)12-17(21)19-16(10-11-20)14-4-2-1-3-5-14/h6-9,14,16,20H,1-5,10-12H2,(H,19,21). The number of benzene rings is 1. The lowest BCUT2D eigenvalue weighted by Crippen LogP contribution is -2.42. The highest BCUT2D eigenvalue weighted by atomic mass is 19.1. The van der Waals surface area contributed by atoms with E-state index in [4.69, 9.17) is 0 Å². The highest BCUT2D eigenvalue weighted by Crippen LogP contribution is 2.27. The first kappa shape index (κ1) is 16.0. The Labute approximate surface area is 125 Å². The maximum atomic E-state index is 12.8. The van der Waals surface area contributed by atoms with Crippen LogP contribution in [0.2, 0.25) is 0 Å². The van der Waals surface area contributed by atoms with Crippen LogP contribution in [0.15, 0.2) is 24.3 Å². The molecule has 2 rings (SSSR count). The Hall–Kier alpha value is -1.42. The monoisotopic (exact) mass is 293 g/mol. The van der Waals surface area contributed by atoms with Gasteiger partial charge in [0.05, 0.1) is 6.42 Å². The number of aliphatic hydroxyl groups excluding tert-OH is 1. The molecule has 0 bridgehead atoms. The summed E-state index contributed by atoms with van der Waals surface area (Å²) in [5.74, 6) is 0.133. The zero-order valence-corrected chi connectivity index (χ0v) is 12.4. The largest absolute Gasteiger partial charge is 0.396 e. The SMILES string of the molecule is O=C(Cc1ccc(F)cc1)NC(CCO)C1CCCCC1. The number of nitrogens with one attached hydrogen (secondary N) is 1. The minimum atomic E-state index is -0.292. The number of amides is 1. The first-order chi connectivity index (χ1) is 10.2. The first-order valence-electron chi connectivity index (χ1n) is 7.83. The second-order valence-electron chi connectivity index (χ2n) is 5.89. The number of aliphatic hydroxyl groups is 1. The fourth-order valence-electron chi connectivity index (χ4n) is 3.15. The van der Waals surface area contributed by atoms with Crippen molar-refractivity contribution in [3.05, 3.63) is 35.6 Å². The van der Waals surface area contributed by atoms with Gasteiger partial charge in [-0.25, -0.2) is 4.39 Å². The van der Waals surface area contributed by atoms with Gasteiger partial charge < -0.3 is 10.4 Å². The molecule has 3 nitrogen and oxygen atoms in total. The van der Waals surface area contributed by atoms with Crippen molar-refractivity contribution < 1.29 is 14.3 Å². The van der Waals surface area contributed by atoms with Crippen molar-refractivity contribution in [1.29, 1.82) is 0 Å². The van der Waals surface area contributed by atoms with E-state index < -0.39 is 0 Å². The summed E-state index contributed by atoms with van der Waals surface area (Å²) in [6.45, 7) is 0.0952. The molecular weight excluding hydrogens is 269 g/mol. The molecule has 1 amide bonds. The molecule has 4 heteroatoms. The third-order valence-electron chi connectivity index (χ3n) is 4.28. The van der Waals surface area contributed by atoms with E-state index in [-0.39, 0.29) is 30.8 Å². The zero-order chi connectivity index (χ0) is 15.1. The highest BCUT2D eigenvalue weighted by Gasteiger charge is 2.24. The molecule has 1 aromatic carbocycles. The summed E-state index contributed by atoms with van der Waals surface area (Å²) >= 11 is 0. The number of carbonyl (C=O) groups is 1. The predicted molar refractivity (Wildman–Crippen MR) is 80.3 cm³/mol. The van der Waals surface area contributed by atoms with Gasteiger partial charge in [-0.1, -0.05) is 31.4 Å². The molecule has 116 valence electrons. The number of halogens is 1. The average Bonchev–Trinajstić information content (AvgIpc) is 2.50. The minimum Gasteiger partial charge on any atom is -0.396 e. The molecule has 1 atom stereocenters. The van der Waals surface area contributed by atoms with Gasteiger partial charge in [-0.2, -0.15) is 0 Å².